The van der Waals surface area contributed by atoms with Crippen LogP contribution < -0.4 is 5.32 Å². The Morgan fingerprint density at radius 2 is 1.89 bits per heavy atom. The molecular weight excluding hydrogens is 234 g/mol. The summed E-state index contributed by atoms with van der Waals surface area (Å²) in [6.45, 7) is 10.8. The van der Waals surface area contributed by atoms with Crippen molar-refractivity contribution in [3.05, 3.63) is 35.4 Å². The van der Waals surface area contributed by atoms with Gasteiger partial charge < -0.3 is 10.1 Å². The molecule has 1 fully saturated rings. The van der Waals surface area contributed by atoms with E-state index in [-0.39, 0.29) is 5.41 Å². The molecule has 0 aromatic heterocycles. The molecule has 1 aromatic carbocycles. The standard InChI is InChI=1S/C17H27NO/c1-13-11-16(9-10-19-13)18-12-14-5-7-15(8-6-14)17(2,3)4/h5-8,13,16,18H,9-12H2,1-4H3. The van der Waals surface area contributed by atoms with Crippen molar-refractivity contribution in [3.8, 4) is 0 Å². The third-order valence-corrected chi connectivity index (χ3v) is 3.90. The minimum Gasteiger partial charge on any atom is -0.378 e. The Balaban J connectivity index is 1.86. The number of nitrogens with one attached hydrogen (secondary N) is 1. The summed E-state index contributed by atoms with van der Waals surface area (Å²) in [5.41, 5.74) is 3.00. The van der Waals surface area contributed by atoms with E-state index in [9.17, 15) is 0 Å². The van der Waals surface area contributed by atoms with Crippen LogP contribution in [-0.4, -0.2) is 18.8 Å². The van der Waals surface area contributed by atoms with Gasteiger partial charge in [0.1, 0.15) is 0 Å². The van der Waals surface area contributed by atoms with Crippen LogP contribution in [0.25, 0.3) is 0 Å². The van der Waals surface area contributed by atoms with Crippen LogP contribution in [0.1, 0.15) is 51.7 Å². The van der Waals surface area contributed by atoms with Gasteiger partial charge in [0.2, 0.25) is 0 Å². The normalized spacial score (nSPS) is 24.4. The van der Waals surface area contributed by atoms with E-state index in [1.54, 1.807) is 0 Å². The summed E-state index contributed by atoms with van der Waals surface area (Å²) < 4.78 is 5.57. The zero-order valence-corrected chi connectivity index (χ0v) is 12.7. The van der Waals surface area contributed by atoms with E-state index < -0.39 is 0 Å². The summed E-state index contributed by atoms with van der Waals surface area (Å²) in [7, 11) is 0. The van der Waals surface area contributed by atoms with Crippen LogP contribution in [0.2, 0.25) is 0 Å². The van der Waals surface area contributed by atoms with Crippen LogP contribution in [0.15, 0.2) is 24.3 Å². The molecule has 19 heavy (non-hydrogen) atoms. The molecular formula is C17H27NO. The topological polar surface area (TPSA) is 21.3 Å². The van der Waals surface area contributed by atoms with Crippen molar-refractivity contribution in [1.29, 1.82) is 0 Å². The number of rotatable bonds is 3. The minimum atomic E-state index is 0.238. The Kier molecular flexibility index (Phi) is 4.64. The van der Waals surface area contributed by atoms with Crippen LogP contribution in [0, 0.1) is 0 Å². The summed E-state index contributed by atoms with van der Waals surface area (Å²) in [4.78, 5) is 0. The lowest BCUT2D eigenvalue weighted by molar-refractivity contribution is 0.0130. The average molecular weight is 261 g/mol. The molecule has 1 saturated heterocycles. The monoisotopic (exact) mass is 261 g/mol. The molecule has 1 aliphatic rings. The fourth-order valence-electron chi connectivity index (χ4n) is 2.57. The van der Waals surface area contributed by atoms with Gasteiger partial charge in [0.25, 0.3) is 0 Å². The maximum atomic E-state index is 5.57. The summed E-state index contributed by atoms with van der Waals surface area (Å²) in [6, 6.07) is 9.60. The van der Waals surface area contributed by atoms with E-state index in [1.165, 1.54) is 11.1 Å². The first-order valence-corrected chi connectivity index (χ1v) is 7.39. The molecule has 0 amide bonds. The fourth-order valence-corrected chi connectivity index (χ4v) is 2.57. The van der Waals surface area contributed by atoms with Crippen molar-refractivity contribution in [1.82, 2.24) is 5.32 Å². The summed E-state index contributed by atoms with van der Waals surface area (Å²) >= 11 is 0. The molecule has 0 aliphatic carbocycles. The van der Waals surface area contributed by atoms with E-state index in [0.29, 0.717) is 12.1 Å². The molecule has 2 rings (SSSR count). The predicted molar refractivity (Wildman–Crippen MR) is 80.4 cm³/mol. The molecule has 1 heterocycles. The van der Waals surface area contributed by atoms with E-state index in [2.05, 4.69) is 57.3 Å². The second-order valence-electron chi connectivity index (χ2n) is 6.73. The quantitative estimate of drug-likeness (QED) is 0.897. The highest BCUT2D eigenvalue weighted by Gasteiger charge is 2.18. The number of benzene rings is 1. The maximum Gasteiger partial charge on any atom is 0.0561 e. The van der Waals surface area contributed by atoms with Gasteiger partial charge in [-0.1, -0.05) is 45.0 Å². The van der Waals surface area contributed by atoms with E-state index in [0.717, 1.165) is 26.0 Å². The van der Waals surface area contributed by atoms with Crippen molar-refractivity contribution >= 4 is 0 Å². The number of ether oxygens (including phenoxy) is 1. The Hall–Kier alpha value is -0.860. The highest BCUT2D eigenvalue weighted by molar-refractivity contribution is 5.27. The minimum absolute atomic E-state index is 0.238. The summed E-state index contributed by atoms with van der Waals surface area (Å²) in [5.74, 6) is 0. The van der Waals surface area contributed by atoms with Gasteiger partial charge >= 0.3 is 0 Å². The Morgan fingerprint density at radius 1 is 1.21 bits per heavy atom. The lowest BCUT2D eigenvalue weighted by Gasteiger charge is -2.28. The molecule has 0 spiro atoms. The number of hydrogen-bond donors (Lipinski definition) is 1. The first-order valence-electron chi connectivity index (χ1n) is 7.39. The molecule has 2 heteroatoms. The van der Waals surface area contributed by atoms with Crippen LogP contribution in [-0.2, 0) is 16.7 Å². The average Bonchev–Trinajstić information content (AvgIpc) is 2.36. The van der Waals surface area contributed by atoms with Gasteiger partial charge in [0.15, 0.2) is 0 Å². The van der Waals surface area contributed by atoms with Gasteiger partial charge in [-0.05, 0) is 36.3 Å². The van der Waals surface area contributed by atoms with E-state index >= 15 is 0 Å². The molecule has 2 nitrogen and oxygen atoms in total. The van der Waals surface area contributed by atoms with Gasteiger partial charge in [-0.3, -0.25) is 0 Å². The highest BCUT2D eigenvalue weighted by atomic mass is 16.5. The van der Waals surface area contributed by atoms with Gasteiger partial charge in [-0.2, -0.15) is 0 Å². The number of hydrogen-bond acceptors (Lipinski definition) is 2. The molecule has 106 valence electrons. The van der Waals surface area contributed by atoms with Crippen LogP contribution in [0.3, 0.4) is 0 Å². The lowest BCUT2D eigenvalue weighted by atomic mass is 9.87. The van der Waals surface area contributed by atoms with E-state index in [4.69, 9.17) is 4.74 Å². The SMILES string of the molecule is CC1CC(NCc2ccc(C(C)(C)C)cc2)CCO1. The second kappa shape index (κ2) is 6.06. The van der Waals surface area contributed by atoms with Crippen molar-refractivity contribution in [2.24, 2.45) is 0 Å². The predicted octanol–water partition coefficient (Wildman–Crippen LogP) is 3.64. The second-order valence-corrected chi connectivity index (χ2v) is 6.73. The molecule has 0 saturated carbocycles. The Labute approximate surface area is 117 Å². The van der Waals surface area contributed by atoms with Crippen molar-refractivity contribution in [3.63, 3.8) is 0 Å². The molecule has 1 N–H and O–H groups in total. The third-order valence-electron chi connectivity index (χ3n) is 3.90. The van der Waals surface area contributed by atoms with Crippen LogP contribution >= 0.6 is 0 Å². The molecule has 2 atom stereocenters. The Bertz CT molecular complexity index is 391. The van der Waals surface area contributed by atoms with E-state index in [1.807, 2.05) is 0 Å². The first kappa shape index (κ1) is 14.5. The Morgan fingerprint density at radius 3 is 2.47 bits per heavy atom. The maximum absolute atomic E-state index is 5.57. The molecule has 0 radical (unpaired) electrons. The van der Waals surface area contributed by atoms with Crippen molar-refractivity contribution in [2.45, 2.75) is 64.6 Å². The largest absolute Gasteiger partial charge is 0.378 e. The lowest BCUT2D eigenvalue weighted by Crippen LogP contribution is -2.37. The first-order chi connectivity index (χ1) is 8.95. The van der Waals surface area contributed by atoms with Crippen LogP contribution in [0.4, 0.5) is 0 Å². The zero-order valence-electron chi connectivity index (χ0n) is 12.7. The highest BCUT2D eigenvalue weighted by Crippen LogP contribution is 2.22. The summed E-state index contributed by atoms with van der Waals surface area (Å²) in [5, 5.41) is 3.65. The molecule has 1 aromatic rings. The van der Waals surface area contributed by atoms with Crippen molar-refractivity contribution in [2.75, 3.05) is 6.61 Å². The molecule has 0 bridgehead atoms. The zero-order chi connectivity index (χ0) is 13.9. The van der Waals surface area contributed by atoms with Gasteiger partial charge in [0, 0.05) is 19.2 Å². The fraction of sp³-hybridized carbons (Fsp3) is 0.647. The molecule has 1 aliphatic heterocycles. The van der Waals surface area contributed by atoms with Crippen molar-refractivity contribution < 1.29 is 4.74 Å². The third kappa shape index (κ3) is 4.32. The molecule has 2 unspecified atom stereocenters. The van der Waals surface area contributed by atoms with Gasteiger partial charge in [-0.25, -0.2) is 0 Å². The van der Waals surface area contributed by atoms with Gasteiger partial charge in [-0.15, -0.1) is 0 Å². The van der Waals surface area contributed by atoms with Crippen LogP contribution in [0.5, 0.6) is 0 Å². The summed E-state index contributed by atoms with van der Waals surface area (Å²) in [6.07, 6.45) is 2.65. The van der Waals surface area contributed by atoms with Gasteiger partial charge in [0.05, 0.1) is 6.10 Å². The smallest absolute Gasteiger partial charge is 0.0561 e.